The van der Waals surface area contributed by atoms with Gasteiger partial charge in [0, 0.05) is 27.4 Å². The molecule has 0 aliphatic carbocycles. The average molecular weight is 671 g/mol. The number of β-amino-alcohol motifs (C(OH)–C–C–N with tert-alkyl or cyclic N) is 1. The molecule has 1 unspecified atom stereocenters. The molecular formula is C24H20ClF4IN2O4S. The third-order valence-electron chi connectivity index (χ3n) is 6.32. The van der Waals surface area contributed by atoms with E-state index in [1.54, 1.807) is 37.3 Å². The van der Waals surface area contributed by atoms with Crippen molar-refractivity contribution in [2.45, 2.75) is 47.9 Å². The number of hydrogen-bond donors (Lipinski definition) is 1. The SMILES string of the molecule is Cc1c(Sc2cccc(C(=O)OI)c2)c2ccc(Cl)c(F)c2n1CC(=O)N1CCCC(O)(C(F)(F)F)C1. The second-order valence-corrected chi connectivity index (χ2v) is 10.6. The van der Waals surface area contributed by atoms with Gasteiger partial charge in [0.15, 0.2) is 34.4 Å². The molecule has 1 N–H and O–H groups in total. The van der Waals surface area contributed by atoms with Gasteiger partial charge in [-0.1, -0.05) is 29.4 Å². The smallest absolute Gasteiger partial charge is 0.391 e. The zero-order chi connectivity index (χ0) is 27.1. The zero-order valence-corrected chi connectivity index (χ0v) is 23.0. The first-order valence-corrected chi connectivity index (χ1v) is 13.1. The fraction of sp³-hybridized carbons (Fsp3) is 0.333. The average Bonchev–Trinajstić information content (AvgIpc) is 3.11. The summed E-state index contributed by atoms with van der Waals surface area (Å²) < 4.78 is 61.5. The Morgan fingerprint density at radius 2 is 2.00 bits per heavy atom. The summed E-state index contributed by atoms with van der Waals surface area (Å²) in [7, 11) is 0. The van der Waals surface area contributed by atoms with Gasteiger partial charge in [0.1, 0.15) is 6.54 Å². The topological polar surface area (TPSA) is 71.8 Å². The van der Waals surface area contributed by atoms with Crippen LogP contribution in [0.1, 0.15) is 28.9 Å². The Kier molecular flexibility index (Phi) is 8.03. The highest BCUT2D eigenvalue weighted by molar-refractivity contribution is 14.1. The number of nitrogens with zero attached hydrogens (tertiary/aromatic N) is 2. The van der Waals surface area contributed by atoms with E-state index in [0.717, 1.165) is 4.90 Å². The molecule has 0 saturated carbocycles. The van der Waals surface area contributed by atoms with Crippen molar-refractivity contribution in [3.63, 3.8) is 0 Å². The molecule has 2 aromatic carbocycles. The molecule has 6 nitrogen and oxygen atoms in total. The van der Waals surface area contributed by atoms with Crippen molar-refractivity contribution >= 4 is 69.1 Å². The van der Waals surface area contributed by atoms with Crippen molar-refractivity contribution in [2.24, 2.45) is 0 Å². The van der Waals surface area contributed by atoms with E-state index in [0.29, 0.717) is 26.4 Å². The van der Waals surface area contributed by atoms with Crippen LogP contribution in [-0.2, 0) is 14.4 Å². The van der Waals surface area contributed by atoms with Gasteiger partial charge in [0.05, 0.1) is 22.6 Å². The maximum Gasteiger partial charge on any atom is 0.418 e. The molecule has 0 spiro atoms. The highest BCUT2D eigenvalue weighted by atomic mass is 127. The van der Waals surface area contributed by atoms with Gasteiger partial charge >= 0.3 is 12.1 Å². The van der Waals surface area contributed by atoms with Crippen LogP contribution in [0.5, 0.6) is 0 Å². The molecule has 13 heteroatoms. The summed E-state index contributed by atoms with van der Waals surface area (Å²) in [5, 5.41) is 10.4. The van der Waals surface area contributed by atoms with Crippen LogP contribution in [0, 0.1) is 12.7 Å². The van der Waals surface area contributed by atoms with E-state index in [1.165, 1.54) is 45.4 Å². The van der Waals surface area contributed by atoms with Gasteiger partial charge in [-0.2, -0.15) is 13.2 Å². The number of aromatic nitrogens is 1. The van der Waals surface area contributed by atoms with Crippen LogP contribution in [0.2, 0.25) is 5.02 Å². The molecule has 0 bridgehead atoms. The minimum atomic E-state index is -4.89. The summed E-state index contributed by atoms with van der Waals surface area (Å²) in [5.41, 5.74) is -2.16. The largest absolute Gasteiger partial charge is 0.418 e. The van der Waals surface area contributed by atoms with Crippen molar-refractivity contribution in [3.8, 4) is 0 Å². The van der Waals surface area contributed by atoms with Crippen molar-refractivity contribution in [1.82, 2.24) is 9.47 Å². The number of benzene rings is 2. The van der Waals surface area contributed by atoms with Crippen LogP contribution < -0.4 is 0 Å². The molecule has 2 heterocycles. The van der Waals surface area contributed by atoms with E-state index < -0.39 is 49.0 Å². The Labute approximate surface area is 232 Å². The second kappa shape index (κ2) is 10.6. The third kappa shape index (κ3) is 5.43. The first kappa shape index (κ1) is 28.0. The molecule has 1 aromatic heterocycles. The van der Waals surface area contributed by atoms with Gasteiger partial charge in [0.2, 0.25) is 5.91 Å². The second-order valence-electron chi connectivity index (χ2n) is 8.70. The fourth-order valence-electron chi connectivity index (χ4n) is 4.36. The minimum absolute atomic E-state index is 0.0234. The van der Waals surface area contributed by atoms with E-state index in [2.05, 4.69) is 0 Å². The Morgan fingerprint density at radius 3 is 2.68 bits per heavy atom. The maximum atomic E-state index is 15.2. The van der Waals surface area contributed by atoms with Gasteiger partial charge in [-0.3, -0.25) is 4.79 Å². The summed E-state index contributed by atoms with van der Waals surface area (Å²) >= 11 is 8.74. The van der Waals surface area contributed by atoms with Crippen molar-refractivity contribution < 1.29 is 35.3 Å². The van der Waals surface area contributed by atoms with Crippen molar-refractivity contribution in [2.75, 3.05) is 13.1 Å². The number of aliphatic hydroxyl groups is 1. The summed E-state index contributed by atoms with van der Waals surface area (Å²) in [6.45, 7) is 0.363. The Hall–Kier alpha value is -2.03. The van der Waals surface area contributed by atoms with Crippen LogP contribution in [0.4, 0.5) is 17.6 Å². The standard InChI is InChI=1S/C24H20ClF4IN2O4S/c1-13-21(37-15-5-2-4-14(10-15)22(34)36-30)16-6-7-17(25)19(26)20(16)32(13)11-18(33)31-9-3-8-23(35,12-31)24(27,28)29/h2,4-7,10,35H,3,8-9,11-12H2,1H3. The molecule has 1 amide bonds. The first-order valence-electron chi connectivity index (χ1n) is 11.0. The predicted molar refractivity (Wildman–Crippen MR) is 138 cm³/mol. The monoisotopic (exact) mass is 670 g/mol. The zero-order valence-electron chi connectivity index (χ0n) is 19.2. The summed E-state index contributed by atoms with van der Waals surface area (Å²) in [5.74, 6) is -1.99. The number of amides is 1. The molecule has 1 atom stereocenters. The molecule has 1 saturated heterocycles. The number of carbonyl (C=O) groups is 2. The molecule has 1 aliphatic rings. The van der Waals surface area contributed by atoms with Gasteiger partial charge < -0.3 is 17.6 Å². The number of piperidine rings is 1. The van der Waals surface area contributed by atoms with E-state index in [-0.39, 0.29) is 23.5 Å². The van der Waals surface area contributed by atoms with E-state index in [1.807, 2.05) is 0 Å². The van der Waals surface area contributed by atoms with E-state index in [4.69, 9.17) is 14.7 Å². The number of carbonyl (C=O) groups excluding carboxylic acids is 2. The normalized spacial score (nSPS) is 18.3. The third-order valence-corrected chi connectivity index (χ3v) is 8.22. The molecule has 1 fully saturated rings. The number of rotatable bonds is 5. The molecule has 37 heavy (non-hydrogen) atoms. The molecule has 4 rings (SSSR count). The van der Waals surface area contributed by atoms with Gasteiger partial charge in [-0.05, 0) is 50.1 Å². The number of fused-ring (bicyclic) bond motifs is 1. The van der Waals surface area contributed by atoms with Crippen LogP contribution in [0.3, 0.4) is 0 Å². The number of hydrogen-bond acceptors (Lipinski definition) is 5. The summed E-state index contributed by atoms with van der Waals surface area (Å²) in [4.78, 5) is 27.2. The Morgan fingerprint density at radius 1 is 1.27 bits per heavy atom. The maximum absolute atomic E-state index is 15.2. The Bertz CT molecular complexity index is 1380. The van der Waals surface area contributed by atoms with Crippen LogP contribution in [0.25, 0.3) is 10.9 Å². The number of halogens is 6. The highest BCUT2D eigenvalue weighted by Gasteiger charge is 2.55. The van der Waals surface area contributed by atoms with E-state index >= 15 is 4.39 Å². The van der Waals surface area contributed by atoms with Gasteiger partial charge in [-0.15, -0.1) is 0 Å². The lowest BCUT2D eigenvalue weighted by Gasteiger charge is -2.40. The van der Waals surface area contributed by atoms with Gasteiger partial charge in [0.25, 0.3) is 0 Å². The summed E-state index contributed by atoms with van der Waals surface area (Å²) in [6, 6.07) is 9.59. The molecule has 0 radical (unpaired) electrons. The molecular weight excluding hydrogens is 651 g/mol. The Balaban J connectivity index is 1.71. The minimum Gasteiger partial charge on any atom is -0.391 e. The summed E-state index contributed by atoms with van der Waals surface area (Å²) in [6.07, 6.45) is -5.41. The van der Waals surface area contributed by atoms with E-state index in [9.17, 15) is 27.9 Å². The lowest BCUT2D eigenvalue weighted by molar-refractivity contribution is -0.272. The van der Waals surface area contributed by atoms with Crippen LogP contribution in [-0.4, -0.2) is 51.3 Å². The molecule has 3 aromatic rings. The van der Waals surface area contributed by atoms with Crippen molar-refractivity contribution in [3.05, 3.63) is 58.5 Å². The quantitative estimate of drug-likeness (QED) is 0.254. The lowest BCUT2D eigenvalue weighted by Crippen LogP contribution is -2.58. The fourth-order valence-corrected chi connectivity index (χ4v) is 5.87. The van der Waals surface area contributed by atoms with Crippen LogP contribution >= 0.6 is 46.4 Å². The molecule has 1 aliphatic heterocycles. The number of likely N-dealkylation sites (tertiary alicyclic amines) is 1. The van der Waals surface area contributed by atoms with Crippen LogP contribution in [0.15, 0.2) is 46.2 Å². The van der Waals surface area contributed by atoms with Crippen molar-refractivity contribution in [1.29, 1.82) is 0 Å². The molecule has 198 valence electrons. The van der Waals surface area contributed by atoms with Gasteiger partial charge in [-0.25, -0.2) is 9.18 Å². The number of alkyl halides is 3. The highest BCUT2D eigenvalue weighted by Crippen LogP contribution is 2.41. The predicted octanol–water partition coefficient (Wildman–Crippen LogP) is 6.32. The first-order chi connectivity index (χ1) is 17.4. The lowest BCUT2D eigenvalue weighted by atomic mass is 9.92.